The van der Waals surface area contributed by atoms with Gasteiger partial charge in [0, 0.05) is 29.8 Å². The van der Waals surface area contributed by atoms with Crippen LogP contribution in [0.1, 0.15) is 22.7 Å². The van der Waals surface area contributed by atoms with Crippen molar-refractivity contribution in [1.29, 1.82) is 0 Å². The van der Waals surface area contributed by atoms with Crippen molar-refractivity contribution in [1.82, 2.24) is 14.9 Å². The Balaban J connectivity index is 1.53. The Bertz CT molecular complexity index is 1060. The number of rotatable bonds is 7. The first-order valence-corrected chi connectivity index (χ1v) is 10.2. The number of hydrogen-bond acceptors (Lipinski definition) is 5. The number of likely N-dealkylation sites (N-methyl/N-ethyl adjacent to an activating group) is 1. The summed E-state index contributed by atoms with van der Waals surface area (Å²) in [7, 11) is 1.73. The number of carbonyl (C=O) groups excluding carboxylic acids is 1. The van der Waals surface area contributed by atoms with Gasteiger partial charge in [-0.2, -0.15) is 0 Å². The Morgan fingerprint density at radius 1 is 1.36 bits per heavy atom. The van der Waals surface area contributed by atoms with Crippen LogP contribution in [0.4, 0.5) is 0 Å². The van der Waals surface area contributed by atoms with Gasteiger partial charge in [-0.05, 0) is 37.6 Å². The number of H-pyrrole nitrogens is 1. The van der Waals surface area contributed by atoms with Crippen LogP contribution in [-0.4, -0.2) is 41.0 Å². The summed E-state index contributed by atoms with van der Waals surface area (Å²) in [5.74, 6) is 1.18. The van der Waals surface area contributed by atoms with E-state index in [0.29, 0.717) is 41.6 Å². The number of aromatic nitrogens is 2. The summed E-state index contributed by atoms with van der Waals surface area (Å²) >= 11 is 7.42. The molecule has 3 rings (SSSR count). The van der Waals surface area contributed by atoms with Gasteiger partial charge in [0.25, 0.3) is 5.56 Å². The van der Waals surface area contributed by atoms with E-state index >= 15 is 0 Å². The lowest BCUT2D eigenvalue weighted by molar-refractivity contribution is -0.130. The zero-order valence-electron chi connectivity index (χ0n) is 16.0. The van der Waals surface area contributed by atoms with Gasteiger partial charge in [-0.25, -0.2) is 4.98 Å². The van der Waals surface area contributed by atoms with E-state index in [9.17, 15) is 9.59 Å². The van der Waals surface area contributed by atoms with Gasteiger partial charge in [0.1, 0.15) is 23.0 Å². The van der Waals surface area contributed by atoms with E-state index in [1.54, 1.807) is 24.1 Å². The number of ether oxygens (including phenoxy) is 1. The third-order valence-corrected chi connectivity index (χ3v) is 5.92. The van der Waals surface area contributed by atoms with E-state index in [2.05, 4.69) is 9.97 Å². The summed E-state index contributed by atoms with van der Waals surface area (Å²) in [6.45, 7) is 4.73. The van der Waals surface area contributed by atoms with E-state index in [-0.39, 0.29) is 17.9 Å². The lowest BCUT2D eigenvalue weighted by Crippen LogP contribution is -2.31. The maximum absolute atomic E-state index is 12.4. The second kappa shape index (κ2) is 8.75. The quantitative estimate of drug-likeness (QED) is 0.633. The largest absolute Gasteiger partial charge is 0.492 e. The zero-order valence-corrected chi connectivity index (χ0v) is 17.6. The van der Waals surface area contributed by atoms with Crippen molar-refractivity contribution in [2.24, 2.45) is 0 Å². The predicted octanol–water partition coefficient (Wildman–Crippen LogP) is 3.72. The van der Waals surface area contributed by atoms with Crippen LogP contribution >= 0.6 is 22.9 Å². The first-order chi connectivity index (χ1) is 13.3. The van der Waals surface area contributed by atoms with Gasteiger partial charge in [-0.3, -0.25) is 9.59 Å². The number of halogens is 1. The highest BCUT2D eigenvalue weighted by molar-refractivity contribution is 7.18. The minimum atomic E-state index is -0.141. The average molecular weight is 420 g/mol. The standard InChI is InChI=1S/C20H22ClN3O3S/c1-12-13(2)28-20-18(12)19(26)22-16(23-20)7-8-17(25)24(3)9-10-27-15-6-4-5-14(21)11-15/h4-6,11H,7-10H2,1-3H3,(H,22,23,26). The van der Waals surface area contributed by atoms with Crippen molar-refractivity contribution >= 4 is 39.1 Å². The molecule has 2 aromatic heterocycles. The normalized spacial score (nSPS) is 11.0. The number of aromatic amines is 1. The average Bonchev–Trinajstić information content (AvgIpc) is 2.94. The van der Waals surface area contributed by atoms with Crippen molar-refractivity contribution in [2.45, 2.75) is 26.7 Å². The fourth-order valence-electron chi connectivity index (χ4n) is 2.82. The van der Waals surface area contributed by atoms with Crippen molar-refractivity contribution in [3.05, 3.63) is 55.9 Å². The van der Waals surface area contributed by atoms with Crippen LogP contribution in [-0.2, 0) is 11.2 Å². The van der Waals surface area contributed by atoms with Gasteiger partial charge >= 0.3 is 0 Å². The molecule has 0 atom stereocenters. The SMILES string of the molecule is Cc1sc2nc(CCC(=O)N(C)CCOc3cccc(Cl)c3)[nH]c(=O)c2c1C. The number of aryl methyl sites for hydroxylation is 3. The van der Waals surface area contributed by atoms with Gasteiger partial charge in [0.05, 0.1) is 11.9 Å². The molecule has 0 saturated heterocycles. The van der Waals surface area contributed by atoms with Crippen molar-refractivity contribution in [2.75, 3.05) is 20.2 Å². The Labute approximate surface area is 172 Å². The molecular formula is C20H22ClN3O3S. The minimum Gasteiger partial charge on any atom is -0.492 e. The first-order valence-electron chi connectivity index (χ1n) is 8.96. The molecule has 148 valence electrons. The fourth-order valence-corrected chi connectivity index (χ4v) is 4.04. The van der Waals surface area contributed by atoms with Gasteiger partial charge in [-0.15, -0.1) is 11.3 Å². The van der Waals surface area contributed by atoms with Gasteiger partial charge < -0.3 is 14.6 Å². The molecule has 0 saturated carbocycles. The second-order valence-corrected chi connectivity index (χ2v) is 8.24. The molecule has 0 aliphatic rings. The highest BCUT2D eigenvalue weighted by atomic mass is 35.5. The van der Waals surface area contributed by atoms with E-state index in [4.69, 9.17) is 16.3 Å². The molecule has 8 heteroatoms. The van der Waals surface area contributed by atoms with Crippen LogP contribution in [0.25, 0.3) is 10.2 Å². The monoisotopic (exact) mass is 419 g/mol. The van der Waals surface area contributed by atoms with Gasteiger partial charge in [0.2, 0.25) is 5.91 Å². The molecule has 1 amide bonds. The van der Waals surface area contributed by atoms with E-state index in [0.717, 1.165) is 15.3 Å². The summed E-state index contributed by atoms with van der Waals surface area (Å²) in [6, 6.07) is 7.14. The van der Waals surface area contributed by atoms with Gasteiger partial charge in [-0.1, -0.05) is 17.7 Å². The van der Waals surface area contributed by atoms with Crippen molar-refractivity contribution < 1.29 is 9.53 Å². The number of thiophene rings is 1. The molecule has 0 radical (unpaired) electrons. The predicted molar refractivity (Wildman–Crippen MR) is 113 cm³/mol. The molecule has 6 nitrogen and oxygen atoms in total. The van der Waals surface area contributed by atoms with Gasteiger partial charge in [0.15, 0.2) is 0 Å². The molecule has 0 aliphatic heterocycles. The van der Waals surface area contributed by atoms with Crippen LogP contribution < -0.4 is 10.3 Å². The molecule has 0 unspecified atom stereocenters. The third kappa shape index (κ3) is 4.72. The topological polar surface area (TPSA) is 75.3 Å². The summed E-state index contributed by atoms with van der Waals surface area (Å²) in [6.07, 6.45) is 0.658. The molecular weight excluding hydrogens is 398 g/mol. The fraction of sp³-hybridized carbons (Fsp3) is 0.350. The number of amides is 1. The second-order valence-electron chi connectivity index (χ2n) is 6.60. The van der Waals surface area contributed by atoms with Crippen molar-refractivity contribution in [3.63, 3.8) is 0 Å². The summed E-state index contributed by atoms with van der Waals surface area (Å²) in [5.41, 5.74) is 0.827. The van der Waals surface area contributed by atoms with E-state index in [1.807, 2.05) is 26.0 Å². The molecule has 2 heterocycles. The number of carbonyl (C=O) groups is 1. The maximum Gasteiger partial charge on any atom is 0.259 e. The summed E-state index contributed by atoms with van der Waals surface area (Å²) < 4.78 is 5.61. The zero-order chi connectivity index (χ0) is 20.3. The molecule has 1 aromatic carbocycles. The highest BCUT2D eigenvalue weighted by Crippen LogP contribution is 2.25. The number of nitrogens with zero attached hydrogens (tertiary/aromatic N) is 2. The lowest BCUT2D eigenvalue weighted by Gasteiger charge is -2.17. The maximum atomic E-state index is 12.4. The van der Waals surface area contributed by atoms with Crippen LogP contribution in [0.2, 0.25) is 5.02 Å². The number of nitrogens with one attached hydrogen (secondary N) is 1. The summed E-state index contributed by atoms with van der Waals surface area (Å²) in [5, 5.41) is 1.25. The molecule has 3 aromatic rings. The van der Waals surface area contributed by atoms with E-state index in [1.165, 1.54) is 11.3 Å². The minimum absolute atomic E-state index is 0.0315. The Hall–Kier alpha value is -2.38. The van der Waals surface area contributed by atoms with Crippen LogP contribution in [0, 0.1) is 13.8 Å². The molecule has 0 bridgehead atoms. The van der Waals surface area contributed by atoms with Crippen molar-refractivity contribution in [3.8, 4) is 5.75 Å². The first kappa shape index (κ1) is 20.4. The molecule has 1 N–H and O–H groups in total. The third-order valence-electron chi connectivity index (χ3n) is 4.58. The van der Waals surface area contributed by atoms with E-state index < -0.39 is 0 Å². The van der Waals surface area contributed by atoms with Crippen LogP contribution in [0.15, 0.2) is 29.1 Å². The van der Waals surface area contributed by atoms with Crippen LogP contribution in [0.5, 0.6) is 5.75 Å². The smallest absolute Gasteiger partial charge is 0.259 e. The summed E-state index contributed by atoms with van der Waals surface area (Å²) in [4.78, 5) is 35.4. The Morgan fingerprint density at radius 2 is 2.14 bits per heavy atom. The molecule has 0 aliphatic carbocycles. The molecule has 0 fully saturated rings. The number of fused-ring (bicyclic) bond motifs is 1. The highest BCUT2D eigenvalue weighted by Gasteiger charge is 2.14. The molecule has 28 heavy (non-hydrogen) atoms. The number of benzene rings is 1. The van der Waals surface area contributed by atoms with Crippen LogP contribution in [0.3, 0.4) is 0 Å². The Morgan fingerprint density at radius 3 is 2.89 bits per heavy atom. The number of hydrogen-bond donors (Lipinski definition) is 1. The molecule has 0 spiro atoms. The lowest BCUT2D eigenvalue weighted by atomic mass is 10.2. The Kier molecular flexibility index (Phi) is 6.36.